The molecule has 0 aliphatic heterocycles. The average molecular weight is 303 g/mol. The molecule has 1 aromatic heterocycles. The Kier molecular flexibility index (Phi) is 4.11. The number of nitrogens with zero attached hydrogens (tertiary/aromatic N) is 2. The average Bonchev–Trinajstić information content (AvgIpc) is 2.56. The predicted octanol–water partition coefficient (Wildman–Crippen LogP) is 4.56. The maximum Gasteiger partial charge on any atom is 0.120 e. The molecule has 1 heterocycles. The number of nitrogens with one attached hydrogen (secondary N) is 1. The van der Waals surface area contributed by atoms with Gasteiger partial charge in [-0.25, -0.2) is 0 Å². The maximum absolute atomic E-state index is 9.26. The third-order valence-corrected chi connectivity index (χ3v) is 3.54. The fourth-order valence-corrected chi connectivity index (χ4v) is 2.53. The molecule has 0 aliphatic carbocycles. The van der Waals surface area contributed by atoms with Crippen molar-refractivity contribution in [1.29, 1.82) is 5.26 Å². The van der Waals surface area contributed by atoms with E-state index in [-0.39, 0.29) is 0 Å². The number of rotatable bonds is 4. The second-order valence-electron chi connectivity index (χ2n) is 5.21. The first-order valence-corrected chi connectivity index (χ1v) is 7.51. The normalized spacial score (nSPS) is 10.3. The number of pyridine rings is 1. The van der Waals surface area contributed by atoms with E-state index in [1.54, 1.807) is 6.07 Å². The summed E-state index contributed by atoms with van der Waals surface area (Å²) in [6.45, 7) is 4.53. The van der Waals surface area contributed by atoms with Gasteiger partial charge in [0.25, 0.3) is 0 Å². The van der Waals surface area contributed by atoms with Crippen molar-refractivity contribution in [2.24, 2.45) is 0 Å². The maximum atomic E-state index is 9.26. The van der Waals surface area contributed by atoms with Gasteiger partial charge in [-0.3, -0.25) is 4.98 Å². The minimum Gasteiger partial charge on any atom is -0.494 e. The Morgan fingerprint density at radius 2 is 1.96 bits per heavy atom. The molecular weight excluding hydrogens is 286 g/mol. The summed E-state index contributed by atoms with van der Waals surface area (Å²) in [7, 11) is 0. The van der Waals surface area contributed by atoms with E-state index in [0.717, 1.165) is 33.7 Å². The number of benzene rings is 2. The standard InChI is InChI=1S/C19H17N3O/c1-3-23-15-8-9-18-16(11-15)19(10-13(2)21-18)22-17-7-5-4-6-14(17)12-20/h4-11H,3H2,1-2H3,(H,21,22). The lowest BCUT2D eigenvalue weighted by molar-refractivity contribution is 0.340. The van der Waals surface area contributed by atoms with Crippen LogP contribution in [-0.4, -0.2) is 11.6 Å². The van der Waals surface area contributed by atoms with Gasteiger partial charge in [0.2, 0.25) is 0 Å². The summed E-state index contributed by atoms with van der Waals surface area (Å²) in [6, 6.07) is 17.5. The Bertz CT molecular complexity index is 897. The van der Waals surface area contributed by atoms with Crippen LogP contribution in [0, 0.1) is 18.3 Å². The molecule has 0 saturated carbocycles. The second-order valence-corrected chi connectivity index (χ2v) is 5.21. The van der Waals surface area contributed by atoms with Crippen LogP contribution in [0.3, 0.4) is 0 Å². The number of nitriles is 1. The number of aromatic nitrogens is 1. The van der Waals surface area contributed by atoms with Crippen LogP contribution in [0.15, 0.2) is 48.5 Å². The minimum absolute atomic E-state index is 0.607. The summed E-state index contributed by atoms with van der Waals surface area (Å²) in [5.41, 5.74) is 4.11. The molecule has 0 spiro atoms. The second kappa shape index (κ2) is 6.37. The van der Waals surface area contributed by atoms with Gasteiger partial charge in [-0.2, -0.15) is 5.26 Å². The van der Waals surface area contributed by atoms with E-state index in [9.17, 15) is 5.26 Å². The summed E-state index contributed by atoms with van der Waals surface area (Å²) in [4.78, 5) is 4.56. The third kappa shape index (κ3) is 3.09. The van der Waals surface area contributed by atoms with Gasteiger partial charge in [-0.05, 0) is 50.2 Å². The zero-order valence-corrected chi connectivity index (χ0v) is 13.1. The quantitative estimate of drug-likeness (QED) is 0.767. The molecule has 0 saturated heterocycles. The molecule has 3 aromatic rings. The first-order chi connectivity index (χ1) is 11.2. The Balaban J connectivity index is 2.12. The summed E-state index contributed by atoms with van der Waals surface area (Å²) in [6.07, 6.45) is 0. The van der Waals surface area contributed by atoms with E-state index in [1.165, 1.54) is 0 Å². The topological polar surface area (TPSA) is 57.9 Å². The molecular formula is C19H17N3O. The molecule has 0 aliphatic rings. The van der Waals surface area contributed by atoms with Gasteiger partial charge in [0.05, 0.1) is 23.4 Å². The summed E-state index contributed by atoms with van der Waals surface area (Å²) in [5, 5.41) is 13.6. The highest BCUT2D eigenvalue weighted by Gasteiger charge is 2.08. The molecule has 2 aromatic carbocycles. The van der Waals surface area contributed by atoms with Crippen molar-refractivity contribution in [3.05, 3.63) is 59.8 Å². The fourth-order valence-electron chi connectivity index (χ4n) is 2.53. The number of ether oxygens (including phenoxy) is 1. The van der Waals surface area contributed by atoms with Crippen molar-refractivity contribution in [3.8, 4) is 11.8 Å². The van der Waals surface area contributed by atoms with Gasteiger partial charge in [-0.15, -0.1) is 0 Å². The van der Waals surface area contributed by atoms with Crippen molar-refractivity contribution in [3.63, 3.8) is 0 Å². The largest absolute Gasteiger partial charge is 0.494 e. The molecule has 0 fully saturated rings. The highest BCUT2D eigenvalue weighted by atomic mass is 16.5. The molecule has 0 radical (unpaired) electrons. The van der Waals surface area contributed by atoms with E-state index in [1.807, 2.05) is 56.3 Å². The predicted molar refractivity (Wildman–Crippen MR) is 92.1 cm³/mol. The van der Waals surface area contributed by atoms with Gasteiger partial charge in [0, 0.05) is 16.8 Å². The van der Waals surface area contributed by atoms with Crippen LogP contribution in [0.5, 0.6) is 5.75 Å². The highest BCUT2D eigenvalue weighted by molar-refractivity contribution is 5.94. The van der Waals surface area contributed by atoms with Gasteiger partial charge in [0.1, 0.15) is 11.8 Å². The SMILES string of the molecule is CCOc1ccc2nc(C)cc(Nc3ccccc3C#N)c2c1. The van der Waals surface area contributed by atoms with Crippen LogP contribution >= 0.6 is 0 Å². The van der Waals surface area contributed by atoms with Crippen LogP contribution in [0.2, 0.25) is 0 Å². The van der Waals surface area contributed by atoms with E-state index in [4.69, 9.17) is 4.74 Å². The fraction of sp³-hybridized carbons (Fsp3) is 0.158. The van der Waals surface area contributed by atoms with Crippen LogP contribution in [0.1, 0.15) is 18.2 Å². The van der Waals surface area contributed by atoms with Gasteiger partial charge in [-0.1, -0.05) is 12.1 Å². The Morgan fingerprint density at radius 1 is 1.13 bits per heavy atom. The number of fused-ring (bicyclic) bond motifs is 1. The summed E-state index contributed by atoms with van der Waals surface area (Å²) < 4.78 is 5.59. The monoisotopic (exact) mass is 303 g/mol. The van der Waals surface area contributed by atoms with Crippen molar-refractivity contribution in [2.45, 2.75) is 13.8 Å². The first kappa shape index (κ1) is 14.9. The molecule has 114 valence electrons. The molecule has 0 unspecified atom stereocenters. The van der Waals surface area contributed by atoms with E-state index >= 15 is 0 Å². The summed E-state index contributed by atoms with van der Waals surface area (Å²) >= 11 is 0. The lowest BCUT2D eigenvalue weighted by Crippen LogP contribution is -1.98. The highest BCUT2D eigenvalue weighted by Crippen LogP contribution is 2.30. The Labute approximate surface area is 135 Å². The zero-order valence-electron chi connectivity index (χ0n) is 13.1. The van der Waals surface area contributed by atoms with E-state index in [2.05, 4.69) is 16.4 Å². The smallest absolute Gasteiger partial charge is 0.120 e. The van der Waals surface area contributed by atoms with Gasteiger partial charge in [0.15, 0.2) is 0 Å². The number of hydrogen-bond donors (Lipinski definition) is 1. The van der Waals surface area contributed by atoms with Crippen LogP contribution in [-0.2, 0) is 0 Å². The van der Waals surface area contributed by atoms with Crippen molar-refractivity contribution >= 4 is 22.3 Å². The lowest BCUT2D eigenvalue weighted by Gasteiger charge is -2.13. The van der Waals surface area contributed by atoms with Crippen molar-refractivity contribution in [2.75, 3.05) is 11.9 Å². The summed E-state index contributed by atoms with van der Waals surface area (Å²) in [5.74, 6) is 0.808. The molecule has 1 N–H and O–H groups in total. The molecule has 0 atom stereocenters. The van der Waals surface area contributed by atoms with Crippen LogP contribution < -0.4 is 10.1 Å². The Hall–Kier alpha value is -3.06. The molecule has 3 rings (SSSR count). The van der Waals surface area contributed by atoms with Crippen molar-refractivity contribution in [1.82, 2.24) is 4.98 Å². The molecule has 4 heteroatoms. The number of para-hydroxylation sites is 1. The van der Waals surface area contributed by atoms with Gasteiger partial charge >= 0.3 is 0 Å². The zero-order chi connectivity index (χ0) is 16.2. The minimum atomic E-state index is 0.607. The molecule has 0 bridgehead atoms. The van der Waals surface area contributed by atoms with Crippen LogP contribution in [0.25, 0.3) is 10.9 Å². The molecule has 23 heavy (non-hydrogen) atoms. The van der Waals surface area contributed by atoms with E-state index in [0.29, 0.717) is 12.2 Å². The van der Waals surface area contributed by atoms with Crippen LogP contribution in [0.4, 0.5) is 11.4 Å². The Morgan fingerprint density at radius 3 is 2.74 bits per heavy atom. The van der Waals surface area contributed by atoms with E-state index < -0.39 is 0 Å². The molecule has 4 nitrogen and oxygen atoms in total. The van der Waals surface area contributed by atoms with Crippen molar-refractivity contribution < 1.29 is 4.74 Å². The first-order valence-electron chi connectivity index (χ1n) is 7.51. The number of aryl methyl sites for hydroxylation is 1. The third-order valence-electron chi connectivity index (χ3n) is 3.54. The van der Waals surface area contributed by atoms with Gasteiger partial charge < -0.3 is 10.1 Å². The molecule has 0 amide bonds. The number of anilines is 2. The lowest BCUT2D eigenvalue weighted by atomic mass is 10.1. The number of hydrogen-bond acceptors (Lipinski definition) is 4.